The Bertz CT molecular complexity index is 269. The highest BCUT2D eigenvalue weighted by Crippen LogP contribution is 2.06. The van der Waals surface area contributed by atoms with Crippen LogP contribution in [0.5, 0.6) is 0 Å². The lowest BCUT2D eigenvalue weighted by molar-refractivity contribution is -0.116. The van der Waals surface area contributed by atoms with Crippen LogP contribution in [0, 0.1) is 6.92 Å². The highest BCUT2D eigenvalue weighted by atomic mass is 16.5. The minimum atomic E-state index is -0.147. The molecule has 0 atom stereocenters. The molecule has 0 saturated heterocycles. The van der Waals surface area contributed by atoms with Crippen LogP contribution >= 0.6 is 0 Å². The first kappa shape index (κ1) is 8.73. The molecule has 1 rings (SSSR count). The molecule has 0 unspecified atom stereocenters. The number of hydrogen-bond donors (Lipinski definition) is 2. The number of carbonyl (C=O) groups is 1. The van der Waals surface area contributed by atoms with Crippen LogP contribution in [0.4, 0.5) is 5.82 Å². The van der Waals surface area contributed by atoms with Crippen LogP contribution in [-0.2, 0) is 4.79 Å². The molecule has 0 aromatic carbocycles. The number of aromatic nitrogens is 1. The second-order valence-electron chi connectivity index (χ2n) is 2.41. The lowest BCUT2D eigenvalue weighted by Crippen LogP contribution is -2.16. The van der Waals surface area contributed by atoms with Crippen molar-refractivity contribution in [2.24, 2.45) is 5.73 Å². The minimum absolute atomic E-state index is 0.147. The highest BCUT2D eigenvalue weighted by Gasteiger charge is 2.03. The molecule has 1 amide bonds. The van der Waals surface area contributed by atoms with Gasteiger partial charge in [0.15, 0.2) is 5.82 Å². The molecule has 0 saturated carbocycles. The van der Waals surface area contributed by atoms with E-state index < -0.39 is 0 Å². The summed E-state index contributed by atoms with van der Waals surface area (Å²) in [5, 5.41) is 6.13. The molecule has 66 valence electrons. The van der Waals surface area contributed by atoms with Crippen LogP contribution in [0.2, 0.25) is 0 Å². The van der Waals surface area contributed by atoms with Gasteiger partial charge >= 0.3 is 0 Å². The van der Waals surface area contributed by atoms with E-state index in [-0.39, 0.29) is 5.91 Å². The molecule has 1 aromatic heterocycles. The predicted octanol–water partition coefficient (Wildman–Crippen LogP) is 0.270. The van der Waals surface area contributed by atoms with Gasteiger partial charge in [0, 0.05) is 19.0 Å². The van der Waals surface area contributed by atoms with Crippen molar-refractivity contribution in [2.45, 2.75) is 13.3 Å². The Morgan fingerprint density at radius 1 is 1.83 bits per heavy atom. The topological polar surface area (TPSA) is 81.2 Å². The van der Waals surface area contributed by atoms with Gasteiger partial charge in [0.1, 0.15) is 5.76 Å². The molecule has 5 heteroatoms. The van der Waals surface area contributed by atoms with E-state index in [0.29, 0.717) is 24.5 Å². The van der Waals surface area contributed by atoms with Gasteiger partial charge in [-0.1, -0.05) is 5.16 Å². The Hall–Kier alpha value is -1.36. The summed E-state index contributed by atoms with van der Waals surface area (Å²) in [6.07, 6.45) is 0.298. The second kappa shape index (κ2) is 3.87. The van der Waals surface area contributed by atoms with Gasteiger partial charge in [0.05, 0.1) is 0 Å². The first-order chi connectivity index (χ1) is 5.72. The molecule has 0 spiro atoms. The Morgan fingerprint density at radius 3 is 3.08 bits per heavy atom. The van der Waals surface area contributed by atoms with E-state index >= 15 is 0 Å². The SMILES string of the molecule is Cc1cc(NC(=O)CCN)no1. The van der Waals surface area contributed by atoms with Crippen molar-refractivity contribution in [3.63, 3.8) is 0 Å². The smallest absolute Gasteiger partial charge is 0.226 e. The number of carbonyl (C=O) groups excluding carboxylic acids is 1. The van der Waals surface area contributed by atoms with Crippen LogP contribution in [-0.4, -0.2) is 17.6 Å². The third kappa shape index (κ3) is 2.35. The molecule has 12 heavy (non-hydrogen) atoms. The Morgan fingerprint density at radius 2 is 2.58 bits per heavy atom. The number of anilines is 1. The van der Waals surface area contributed by atoms with Crippen LogP contribution in [0.1, 0.15) is 12.2 Å². The Balaban J connectivity index is 2.46. The Labute approximate surface area is 69.9 Å². The van der Waals surface area contributed by atoms with E-state index in [2.05, 4.69) is 10.5 Å². The predicted molar refractivity (Wildman–Crippen MR) is 43.5 cm³/mol. The summed E-state index contributed by atoms with van der Waals surface area (Å²) >= 11 is 0. The number of rotatable bonds is 3. The average Bonchev–Trinajstić information content (AvgIpc) is 2.36. The number of nitrogens with two attached hydrogens (primary N) is 1. The maximum atomic E-state index is 10.9. The summed E-state index contributed by atoms with van der Waals surface area (Å²) in [5.41, 5.74) is 5.18. The molecule has 5 nitrogen and oxygen atoms in total. The van der Waals surface area contributed by atoms with Gasteiger partial charge in [-0.3, -0.25) is 4.79 Å². The van der Waals surface area contributed by atoms with Crippen molar-refractivity contribution in [1.82, 2.24) is 5.16 Å². The summed E-state index contributed by atoms with van der Waals surface area (Å²) in [4.78, 5) is 10.9. The maximum absolute atomic E-state index is 10.9. The van der Waals surface area contributed by atoms with Crippen molar-refractivity contribution in [3.05, 3.63) is 11.8 Å². The summed E-state index contributed by atoms with van der Waals surface area (Å²) in [5.74, 6) is 0.954. The monoisotopic (exact) mass is 169 g/mol. The van der Waals surface area contributed by atoms with Crippen LogP contribution < -0.4 is 11.1 Å². The lowest BCUT2D eigenvalue weighted by atomic mass is 10.4. The summed E-state index contributed by atoms with van der Waals surface area (Å²) in [6, 6.07) is 1.65. The normalized spacial score (nSPS) is 9.83. The van der Waals surface area contributed by atoms with Gasteiger partial charge in [-0.15, -0.1) is 0 Å². The fourth-order valence-corrected chi connectivity index (χ4v) is 0.762. The van der Waals surface area contributed by atoms with E-state index in [1.165, 1.54) is 0 Å². The van der Waals surface area contributed by atoms with Crippen molar-refractivity contribution in [3.8, 4) is 0 Å². The first-order valence-corrected chi connectivity index (χ1v) is 3.65. The molecule has 0 aliphatic carbocycles. The van der Waals surface area contributed by atoms with Gasteiger partial charge in [-0.2, -0.15) is 0 Å². The fraction of sp³-hybridized carbons (Fsp3) is 0.429. The van der Waals surface area contributed by atoms with Gasteiger partial charge in [-0.25, -0.2) is 0 Å². The number of aryl methyl sites for hydroxylation is 1. The zero-order chi connectivity index (χ0) is 8.97. The largest absolute Gasteiger partial charge is 0.360 e. The molecule has 0 bridgehead atoms. The van der Waals surface area contributed by atoms with E-state index in [4.69, 9.17) is 10.3 Å². The fourth-order valence-electron chi connectivity index (χ4n) is 0.762. The zero-order valence-corrected chi connectivity index (χ0v) is 6.83. The summed E-state index contributed by atoms with van der Waals surface area (Å²) < 4.78 is 4.75. The summed E-state index contributed by atoms with van der Waals surface area (Å²) in [7, 11) is 0. The van der Waals surface area contributed by atoms with Crippen LogP contribution in [0.3, 0.4) is 0 Å². The van der Waals surface area contributed by atoms with Crippen molar-refractivity contribution in [1.29, 1.82) is 0 Å². The average molecular weight is 169 g/mol. The van der Waals surface area contributed by atoms with E-state index in [1.54, 1.807) is 13.0 Å². The van der Waals surface area contributed by atoms with Crippen molar-refractivity contribution >= 4 is 11.7 Å². The molecule has 3 N–H and O–H groups in total. The van der Waals surface area contributed by atoms with Gasteiger partial charge in [0.2, 0.25) is 5.91 Å². The molecule has 1 heterocycles. The van der Waals surface area contributed by atoms with E-state index in [9.17, 15) is 4.79 Å². The molecular formula is C7H11N3O2. The maximum Gasteiger partial charge on any atom is 0.226 e. The standard InChI is InChI=1S/C7H11N3O2/c1-5-4-6(10-12-5)9-7(11)2-3-8/h4H,2-3,8H2,1H3,(H,9,10,11). The zero-order valence-electron chi connectivity index (χ0n) is 6.83. The number of hydrogen-bond acceptors (Lipinski definition) is 4. The van der Waals surface area contributed by atoms with Gasteiger partial charge in [0.25, 0.3) is 0 Å². The molecule has 1 aromatic rings. The Kier molecular flexibility index (Phi) is 2.82. The van der Waals surface area contributed by atoms with E-state index in [0.717, 1.165) is 0 Å². The van der Waals surface area contributed by atoms with Gasteiger partial charge in [-0.05, 0) is 6.92 Å². The second-order valence-corrected chi connectivity index (χ2v) is 2.41. The molecule has 0 radical (unpaired) electrons. The van der Waals surface area contributed by atoms with Crippen LogP contribution in [0.25, 0.3) is 0 Å². The summed E-state index contributed by atoms with van der Waals surface area (Å²) in [6.45, 7) is 2.09. The lowest BCUT2D eigenvalue weighted by Gasteiger charge is -1.96. The first-order valence-electron chi connectivity index (χ1n) is 3.65. The van der Waals surface area contributed by atoms with E-state index in [1.807, 2.05) is 0 Å². The third-order valence-electron chi connectivity index (χ3n) is 1.27. The molecule has 0 aliphatic heterocycles. The number of nitrogens with one attached hydrogen (secondary N) is 1. The molecule has 0 fully saturated rings. The minimum Gasteiger partial charge on any atom is -0.360 e. The highest BCUT2D eigenvalue weighted by molar-refractivity contribution is 5.89. The molecule has 0 aliphatic rings. The number of nitrogens with zero attached hydrogens (tertiary/aromatic N) is 1. The van der Waals surface area contributed by atoms with Crippen molar-refractivity contribution < 1.29 is 9.32 Å². The quantitative estimate of drug-likeness (QED) is 0.680. The third-order valence-corrected chi connectivity index (χ3v) is 1.27. The van der Waals surface area contributed by atoms with Crippen LogP contribution in [0.15, 0.2) is 10.6 Å². The number of amides is 1. The molecular weight excluding hydrogens is 158 g/mol. The van der Waals surface area contributed by atoms with Crippen molar-refractivity contribution in [2.75, 3.05) is 11.9 Å². The van der Waals surface area contributed by atoms with Gasteiger partial charge < -0.3 is 15.6 Å².